The van der Waals surface area contributed by atoms with Crippen molar-refractivity contribution >= 4 is 33.7 Å². The molecule has 2 aliphatic heterocycles. The number of amides is 1. The van der Waals surface area contributed by atoms with Crippen molar-refractivity contribution in [2.75, 3.05) is 31.1 Å². The highest BCUT2D eigenvalue weighted by atomic mass is 19.1. The van der Waals surface area contributed by atoms with Gasteiger partial charge in [-0.3, -0.25) is 14.9 Å². The summed E-state index contributed by atoms with van der Waals surface area (Å²) in [5.41, 5.74) is 2.96. The van der Waals surface area contributed by atoms with Crippen LogP contribution in [0.1, 0.15) is 37.4 Å². The van der Waals surface area contributed by atoms with Crippen LogP contribution in [0.3, 0.4) is 0 Å². The van der Waals surface area contributed by atoms with Crippen molar-refractivity contribution in [1.29, 1.82) is 0 Å². The number of ether oxygens (including phenoxy) is 1. The predicted molar refractivity (Wildman–Crippen MR) is 165 cm³/mol. The van der Waals surface area contributed by atoms with E-state index in [0.717, 1.165) is 11.1 Å². The molecule has 1 atom stereocenters. The highest BCUT2D eigenvalue weighted by Gasteiger charge is 2.36. The number of carbonyl (C=O) groups is 1. The zero-order valence-corrected chi connectivity index (χ0v) is 24.7. The van der Waals surface area contributed by atoms with Crippen LogP contribution in [-0.4, -0.2) is 72.8 Å². The van der Waals surface area contributed by atoms with E-state index in [1.165, 1.54) is 10.6 Å². The van der Waals surface area contributed by atoms with Crippen LogP contribution in [0.15, 0.2) is 54.1 Å². The lowest BCUT2D eigenvalue weighted by atomic mass is 9.99. The van der Waals surface area contributed by atoms with Gasteiger partial charge in [0.05, 0.1) is 35.7 Å². The number of nitrogens with zero attached hydrogens (tertiary/aromatic N) is 7. The zero-order valence-electron chi connectivity index (χ0n) is 24.7. The topological polar surface area (TPSA) is 122 Å². The van der Waals surface area contributed by atoms with Gasteiger partial charge in [-0.15, -0.1) is 0 Å². The maximum atomic E-state index is 16.9. The summed E-state index contributed by atoms with van der Waals surface area (Å²) in [5.74, 6) is -0.557. The van der Waals surface area contributed by atoms with E-state index < -0.39 is 11.5 Å². The van der Waals surface area contributed by atoms with Crippen molar-refractivity contribution in [3.8, 4) is 22.7 Å². The number of halogens is 1. The third kappa shape index (κ3) is 4.23. The smallest absolute Gasteiger partial charge is 0.355 e. The molecule has 0 spiro atoms. The highest BCUT2D eigenvalue weighted by Crippen LogP contribution is 2.43. The fourth-order valence-electron chi connectivity index (χ4n) is 6.40. The van der Waals surface area contributed by atoms with Crippen molar-refractivity contribution in [3.63, 3.8) is 0 Å². The minimum atomic E-state index is -0.642. The van der Waals surface area contributed by atoms with Gasteiger partial charge < -0.3 is 14.5 Å². The zero-order chi connectivity index (χ0) is 30.7. The standard InChI is InChI=1S/C32H31FN8O3/c1-5-23(42)39-12-13-40-19(16-39)10-14-44-29-25-30(40)37-32(43)41(22-7-6-11-34-27(22)17(2)3)31(25)36-28(26(29)33)24-18(4)8-9-21-20(24)15-35-38-21/h5-9,11,15,17,19H,1,10,12-14,16H2,2-4H3,(H,35,38). The molecule has 0 aliphatic carbocycles. The number of aryl methyl sites for hydroxylation is 1. The van der Waals surface area contributed by atoms with Gasteiger partial charge >= 0.3 is 5.69 Å². The minimum absolute atomic E-state index is 0.0146. The van der Waals surface area contributed by atoms with Crippen LogP contribution in [0.25, 0.3) is 38.9 Å². The van der Waals surface area contributed by atoms with Crippen molar-refractivity contribution in [2.45, 2.75) is 39.2 Å². The van der Waals surface area contributed by atoms with E-state index in [1.807, 2.05) is 37.8 Å². The number of carbonyl (C=O) groups excluding carboxylic acids is 1. The molecule has 2 aliphatic rings. The summed E-state index contributed by atoms with van der Waals surface area (Å²) in [7, 11) is 0. The molecule has 1 unspecified atom stereocenters. The molecule has 1 aromatic carbocycles. The first-order chi connectivity index (χ1) is 21.3. The Bertz CT molecular complexity index is 2030. The van der Waals surface area contributed by atoms with Crippen LogP contribution < -0.4 is 15.3 Å². The number of rotatable bonds is 4. The number of aromatic amines is 1. The fourth-order valence-corrected chi connectivity index (χ4v) is 6.40. The second-order valence-electron chi connectivity index (χ2n) is 11.5. The maximum absolute atomic E-state index is 16.9. The number of H-pyrrole nitrogens is 1. The number of benzene rings is 1. The molecule has 4 aromatic heterocycles. The van der Waals surface area contributed by atoms with Crippen LogP contribution in [0.5, 0.6) is 5.75 Å². The summed E-state index contributed by atoms with van der Waals surface area (Å²) in [6, 6.07) is 7.10. The quantitative estimate of drug-likeness (QED) is 0.306. The molecule has 0 bridgehead atoms. The Balaban J connectivity index is 1.57. The molecule has 0 radical (unpaired) electrons. The van der Waals surface area contributed by atoms with Crippen molar-refractivity contribution < 1.29 is 13.9 Å². The second-order valence-corrected chi connectivity index (χ2v) is 11.5. The van der Waals surface area contributed by atoms with Crippen LogP contribution in [0.4, 0.5) is 10.2 Å². The second kappa shape index (κ2) is 10.5. The highest BCUT2D eigenvalue weighted by molar-refractivity contribution is 6.00. The van der Waals surface area contributed by atoms with Crippen molar-refractivity contribution in [1.82, 2.24) is 34.6 Å². The van der Waals surface area contributed by atoms with Crippen molar-refractivity contribution in [3.05, 3.63) is 76.9 Å². The summed E-state index contributed by atoms with van der Waals surface area (Å²) in [5, 5.41) is 8.12. The number of nitrogens with one attached hydrogen (secondary N) is 1. The third-order valence-electron chi connectivity index (χ3n) is 8.52. The molecule has 1 saturated heterocycles. The lowest BCUT2D eigenvalue weighted by molar-refractivity contribution is -0.126. The maximum Gasteiger partial charge on any atom is 0.355 e. The Hall–Kier alpha value is -5.13. The number of hydrogen-bond acceptors (Lipinski definition) is 8. The monoisotopic (exact) mass is 594 g/mol. The normalized spacial score (nSPS) is 16.5. The van der Waals surface area contributed by atoms with Gasteiger partial charge in [-0.1, -0.05) is 26.5 Å². The molecule has 5 aromatic rings. The van der Waals surface area contributed by atoms with E-state index in [2.05, 4.69) is 26.7 Å². The number of hydrogen-bond donors (Lipinski definition) is 1. The van der Waals surface area contributed by atoms with Gasteiger partial charge in [0.25, 0.3) is 0 Å². The van der Waals surface area contributed by atoms with E-state index in [-0.39, 0.29) is 47.4 Å². The van der Waals surface area contributed by atoms with E-state index in [0.29, 0.717) is 53.8 Å². The van der Waals surface area contributed by atoms with Gasteiger partial charge in [-0.25, -0.2) is 18.7 Å². The van der Waals surface area contributed by atoms with E-state index in [4.69, 9.17) is 9.72 Å². The minimum Gasteiger partial charge on any atom is -0.489 e. The van der Waals surface area contributed by atoms with Gasteiger partial charge in [0.1, 0.15) is 16.9 Å². The van der Waals surface area contributed by atoms with Gasteiger partial charge in [-0.05, 0) is 42.7 Å². The molecule has 6 heterocycles. The molecular formula is C32H31FN8O3. The first-order valence-electron chi connectivity index (χ1n) is 14.6. The van der Waals surface area contributed by atoms with Gasteiger partial charge in [0.2, 0.25) is 5.91 Å². The number of piperazine rings is 1. The van der Waals surface area contributed by atoms with Crippen LogP contribution in [0, 0.1) is 12.7 Å². The van der Waals surface area contributed by atoms with Crippen LogP contribution >= 0.6 is 0 Å². The fraction of sp³-hybridized carbons (Fsp3) is 0.312. The Morgan fingerprint density at radius 1 is 1.23 bits per heavy atom. The summed E-state index contributed by atoms with van der Waals surface area (Å²) in [4.78, 5) is 44.4. The average molecular weight is 595 g/mol. The number of aromatic nitrogens is 6. The molecule has 1 fully saturated rings. The Labute approximate surface area is 252 Å². The largest absolute Gasteiger partial charge is 0.489 e. The molecule has 1 amide bonds. The SMILES string of the molecule is C=CC(=O)N1CCN2c3nc(=O)n(-c4cccnc4C(C)C)c4nc(-c5c(C)ccc6[nH]ncc56)c(F)c(c34)OCCC2C1. The summed E-state index contributed by atoms with van der Waals surface area (Å²) in [6.07, 6.45) is 5.10. The summed E-state index contributed by atoms with van der Waals surface area (Å²) < 4.78 is 24.5. The van der Waals surface area contributed by atoms with E-state index >= 15 is 4.39 Å². The van der Waals surface area contributed by atoms with E-state index in [1.54, 1.807) is 29.4 Å². The molecule has 0 saturated carbocycles. The summed E-state index contributed by atoms with van der Waals surface area (Å²) in [6.45, 7) is 10.9. The Morgan fingerprint density at radius 3 is 2.86 bits per heavy atom. The molecule has 7 rings (SSSR count). The Kier molecular flexibility index (Phi) is 6.64. The first-order valence-corrected chi connectivity index (χ1v) is 14.6. The van der Waals surface area contributed by atoms with Gasteiger partial charge in [0, 0.05) is 43.2 Å². The third-order valence-corrected chi connectivity index (χ3v) is 8.52. The summed E-state index contributed by atoms with van der Waals surface area (Å²) >= 11 is 0. The number of anilines is 1. The van der Waals surface area contributed by atoms with Crippen molar-refractivity contribution in [2.24, 2.45) is 0 Å². The van der Waals surface area contributed by atoms with Crippen LogP contribution in [-0.2, 0) is 4.79 Å². The molecule has 224 valence electrons. The number of pyridine rings is 2. The van der Waals surface area contributed by atoms with Gasteiger partial charge in [-0.2, -0.15) is 10.1 Å². The molecular weight excluding hydrogens is 563 g/mol. The van der Waals surface area contributed by atoms with Crippen LogP contribution in [0.2, 0.25) is 0 Å². The lowest BCUT2D eigenvalue weighted by Gasteiger charge is -2.43. The average Bonchev–Trinajstić information content (AvgIpc) is 3.49. The molecule has 12 heteroatoms. The Morgan fingerprint density at radius 2 is 2.07 bits per heavy atom. The predicted octanol–water partition coefficient (Wildman–Crippen LogP) is 4.28. The lowest BCUT2D eigenvalue weighted by Crippen LogP contribution is -2.56. The van der Waals surface area contributed by atoms with Gasteiger partial charge in [0.15, 0.2) is 17.2 Å². The molecule has 44 heavy (non-hydrogen) atoms. The molecule has 1 N–H and O–H groups in total. The molecule has 11 nitrogen and oxygen atoms in total. The van der Waals surface area contributed by atoms with E-state index in [9.17, 15) is 9.59 Å². The first kappa shape index (κ1) is 27.7. The number of fused-ring (bicyclic) bond motifs is 3.